The molecule has 1 unspecified atom stereocenters. The van der Waals surface area contributed by atoms with Crippen LogP contribution in [0.3, 0.4) is 0 Å². The first-order chi connectivity index (χ1) is 18.9. The van der Waals surface area contributed by atoms with Crippen LogP contribution >= 0.6 is 0 Å². The van der Waals surface area contributed by atoms with Crippen LogP contribution in [-0.2, 0) is 4.79 Å². The van der Waals surface area contributed by atoms with Crippen LogP contribution in [0.2, 0.25) is 0 Å². The highest BCUT2D eigenvalue weighted by molar-refractivity contribution is 5.96. The largest absolute Gasteiger partial charge is 0.389 e. The van der Waals surface area contributed by atoms with E-state index in [-0.39, 0.29) is 49.0 Å². The van der Waals surface area contributed by atoms with Gasteiger partial charge >= 0.3 is 6.18 Å². The van der Waals surface area contributed by atoms with Crippen LogP contribution in [0.4, 0.5) is 27.8 Å². The van der Waals surface area contributed by atoms with Gasteiger partial charge in [0.05, 0.1) is 36.6 Å². The van der Waals surface area contributed by atoms with Crippen LogP contribution in [0.25, 0.3) is 5.65 Å². The summed E-state index contributed by atoms with van der Waals surface area (Å²) in [5.41, 5.74) is 6.68. The van der Waals surface area contributed by atoms with E-state index in [0.29, 0.717) is 16.9 Å². The number of amides is 2. The minimum absolute atomic E-state index is 0.0611. The first-order valence-electron chi connectivity index (χ1n) is 12.9. The number of hydrogen-bond acceptors (Lipinski definition) is 8. The fourth-order valence-corrected chi connectivity index (χ4v) is 5.03. The Hall–Kier alpha value is -3.85. The van der Waals surface area contributed by atoms with Crippen LogP contribution in [0.15, 0.2) is 23.1 Å². The number of nitrogens with one attached hydrogen (secondary N) is 2. The van der Waals surface area contributed by atoms with Crippen LogP contribution in [-0.4, -0.2) is 48.8 Å². The minimum Gasteiger partial charge on any atom is -0.379 e. The second kappa shape index (κ2) is 10.6. The Morgan fingerprint density at radius 1 is 1.10 bits per heavy atom. The molecule has 2 aliphatic carbocycles. The molecule has 2 saturated carbocycles. The molecule has 0 aliphatic heterocycles. The number of alkyl halides is 5. The normalized spacial score (nSPS) is 19.3. The number of carbonyl (C=O) groups excluding carboxylic acids is 2. The minimum atomic E-state index is -4.44. The lowest BCUT2D eigenvalue weighted by atomic mass is 9.81. The van der Waals surface area contributed by atoms with Crippen LogP contribution in [0.5, 0.6) is 0 Å². The van der Waals surface area contributed by atoms with E-state index in [0.717, 1.165) is 12.8 Å². The molecular weight excluding hydrogens is 543 g/mol. The molecule has 2 atom stereocenters. The summed E-state index contributed by atoms with van der Waals surface area (Å²) in [6.07, 6.45) is -2.08. The maximum absolute atomic E-state index is 13.9. The number of nitrogens with zero attached hydrogens (tertiary/aromatic N) is 5. The summed E-state index contributed by atoms with van der Waals surface area (Å²) in [7, 11) is 0. The number of rotatable bonds is 9. The Balaban J connectivity index is 1.39. The van der Waals surface area contributed by atoms with Gasteiger partial charge in [-0.15, -0.1) is 0 Å². The number of carbonyl (C=O) groups is 2. The van der Waals surface area contributed by atoms with Crippen molar-refractivity contribution < 1.29 is 36.2 Å². The van der Waals surface area contributed by atoms with Crippen LogP contribution in [0.1, 0.15) is 85.2 Å². The Kier molecular flexibility index (Phi) is 7.35. The van der Waals surface area contributed by atoms with E-state index >= 15 is 0 Å². The number of imidazole rings is 1. The molecule has 16 heteroatoms. The summed E-state index contributed by atoms with van der Waals surface area (Å²) in [5.74, 6) is -4.74. The quantitative estimate of drug-likeness (QED) is 0.328. The van der Waals surface area contributed by atoms with Crippen molar-refractivity contribution in [3.05, 3.63) is 35.4 Å². The monoisotopic (exact) mass is 570 g/mol. The predicted octanol–water partition coefficient (Wildman–Crippen LogP) is 3.90. The standard InChI is InChI=1S/C24H27F5N8O3/c25-23(26)6-3-13(4-7-23)19(34-22(39)20-21(30)36-40-35-20)15-11-37-16(32-15)9-14(10-31-37)18(12-1-2-12)33-17(38)5-8-24(27,28)29/h9-13,18-19H,1-8H2,(H2,30,36)(H,33,38)(H,34,39)/t18?,19-/m0/s1. The summed E-state index contributed by atoms with van der Waals surface area (Å²) in [6, 6.07) is 0.347. The lowest BCUT2D eigenvalue weighted by Gasteiger charge is -2.33. The molecule has 3 heterocycles. The molecular formula is C24H27F5N8O3. The van der Waals surface area contributed by atoms with Gasteiger partial charge in [0, 0.05) is 19.3 Å². The highest BCUT2D eigenvalue weighted by Crippen LogP contribution is 2.43. The van der Waals surface area contributed by atoms with Gasteiger partial charge < -0.3 is 16.4 Å². The third-order valence-corrected chi connectivity index (χ3v) is 7.33. The lowest BCUT2D eigenvalue weighted by Crippen LogP contribution is -2.37. The zero-order chi connectivity index (χ0) is 28.7. The van der Waals surface area contributed by atoms with Crippen molar-refractivity contribution >= 4 is 23.3 Å². The Morgan fingerprint density at radius 3 is 2.42 bits per heavy atom. The van der Waals surface area contributed by atoms with E-state index in [1.165, 1.54) is 10.7 Å². The van der Waals surface area contributed by atoms with Crippen molar-refractivity contribution in [2.45, 2.75) is 75.5 Å². The molecule has 3 aromatic rings. The fraction of sp³-hybridized carbons (Fsp3) is 0.583. The summed E-state index contributed by atoms with van der Waals surface area (Å²) in [6.45, 7) is 0. The van der Waals surface area contributed by atoms with Gasteiger partial charge in [0.1, 0.15) is 0 Å². The number of fused-ring (bicyclic) bond motifs is 1. The molecule has 0 saturated heterocycles. The zero-order valence-electron chi connectivity index (χ0n) is 21.1. The summed E-state index contributed by atoms with van der Waals surface area (Å²) < 4.78 is 71.4. The molecule has 3 aromatic heterocycles. The van der Waals surface area contributed by atoms with Crippen LogP contribution in [0, 0.1) is 11.8 Å². The highest BCUT2D eigenvalue weighted by Gasteiger charge is 2.40. The molecule has 0 spiro atoms. The second-order valence-corrected chi connectivity index (χ2v) is 10.4. The predicted molar refractivity (Wildman–Crippen MR) is 128 cm³/mol. The van der Waals surface area contributed by atoms with Gasteiger partial charge in [0.2, 0.25) is 23.3 Å². The molecule has 5 rings (SSSR count). The van der Waals surface area contributed by atoms with E-state index in [2.05, 4.69) is 35.7 Å². The third kappa shape index (κ3) is 6.47. The average molecular weight is 571 g/mol. The van der Waals surface area contributed by atoms with Crippen molar-refractivity contribution in [2.75, 3.05) is 5.73 Å². The van der Waals surface area contributed by atoms with Gasteiger partial charge in [0.15, 0.2) is 5.65 Å². The van der Waals surface area contributed by atoms with Gasteiger partial charge in [-0.1, -0.05) is 0 Å². The number of aromatic nitrogens is 5. The van der Waals surface area contributed by atoms with Crippen molar-refractivity contribution in [3.8, 4) is 0 Å². The number of hydrogen-bond donors (Lipinski definition) is 3. The van der Waals surface area contributed by atoms with Gasteiger partial charge in [-0.3, -0.25) is 9.59 Å². The lowest BCUT2D eigenvalue weighted by molar-refractivity contribution is -0.144. The number of nitrogens with two attached hydrogens (primary N) is 1. The first kappa shape index (κ1) is 27.7. The third-order valence-electron chi connectivity index (χ3n) is 7.33. The molecule has 2 aliphatic rings. The number of halogens is 5. The van der Waals surface area contributed by atoms with Crippen molar-refractivity contribution in [2.24, 2.45) is 11.8 Å². The maximum Gasteiger partial charge on any atom is 0.389 e. The molecule has 2 amide bonds. The summed E-state index contributed by atoms with van der Waals surface area (Å²) >= 11 is 0. The van der Waals surface area contributed by atoms with E-state index in [9.17, 15) is 31.5 Å². The Morgan fingerprint density at radius 2 is 1.80 bits per heavy atom. The topological polar surface area (TPSA) is 153 Å². The molecule has 216 valence electrons. The van der Waals surface area contributed by atoms with E-state index < -0.39 is 48.8 Å². The van der Waals surface area contributed by atoms with Crippen molar-refractivity contribution in [1.82, 2.24) is 35.5 Å². The molecule has 40 heavy (non-hydrogen) atoms. The molecule has 2 fully saturated rings. The molecule has 11 nitrogen and oxygen atoms in total. The summed E-state index contributed by atoms with van der Waals surface area (Å²) in [4.78, 5) is 29.7. The van der Waals surface area contributed by atoms with Crippen molar-refractivity contribution in [3.63, 3.8) is 0 Å². The SMILES string of the molecule is Nc1nonc1C(=O)N[C@H](c1cn2ncc(C(NC(=O)CCC(F)(F)F)C3CC3)cc2n1)C1CCC(F)(F)CC1. The van der Waals surface area contributed by atoms with E-state index in [4.69, 9.17) is 5.73 Å². The van der Waals surface area contributed by atoms with Gasteiger partial charge in [-0.2, -0.15) is 18.3 Å². The molecule has 4 N–H and O–H groups in total. The Labute approximate surface area is 224 Å². The molecule has 0 aromatic carbocycles. The van der Waals surface area contributed by atoms with Gasteiger partial charge in [0.25, 0.3) is 5.91 Å². The zero-order valence-corrected chi connectivity index (χ0v) is 21.1. The highest BCUT2D eigenvalue weighted by atomic mass is 19.4. The van der Waals surface area contributed by atoms with E-state index in [1.54, 1.807) is 12.3 Å². The number of anilines is 1. The summed E-state index contributed by atoms with van der Waals surface area (Å²) in [5, 5.41) is 16.7. The Bertz CT molecular complexity index is 1380. The molecule has 0 radical (unpaired) electrons. The van der Waals surface area contributed by atoms with Crippen molar-refractivity contribution in [1.29, 1.82) is 0 Å². The second-order valence-electron chi connectivity index (χ2n) is 10.4. The number of nitrogen functional groups attached to an aromatic ring is 1. The first-order valence-corrected chi connectivity index (χ1v) is 12.9. The smallest absolute Gasteiger partial charge is 0.379 e. The molecule has 0 bridgehead atoms. The van der Waals surface area contributed by atoms with Gasteiger partial charge in [-0.05, 0) is 59.5 Å². The van der Waals surface area contributed by atoms with E-state index in [1.807, 2.05) is 0 Å². The fourth-order valence-electron chi connectivity index (χ4n) is 5.03. The van der Waals surface area contributed by atoms with Crippen LogP contribution < -0.4 is 16.4 Å². The maximum atomic E-state index is 13.9. The van der Waals surface area contributed by atoms with Gasteiger partial charge in [-0.25, -0.2) is 22.9 Å². The average Bonchev–Trinajstić information content (AvgIpc) is 3.49.